The fourth-order valence-corrected chi connectivity index (χ4v) is 1.61. The van der Waals surface area contributed by atoms with E-state index in [9.17, 15) is 9.59 Å². The number of ether oxygens (including phenoxy) is 1. The summed E-state index contributed by atoms with van der Waals surface area (Å²) in [5.74, 6) is 0.239. The molecule has 0 aliphatic heterocycles. The van der Waals surface area contributed by atoms with Gasteiger partial charge in [-0.1, -0.05) is 18.2 Å². The predicted molar refractivity (Wildman–Crippen MR) is 54.2 cm³/mol. The monoisotopic (exact) mass is 210 g/mol. The molecule has 0 spiro atoms. The quantitative estimate of drug-likeness (QED) is 0.527. The highest BCUT2D eigenvalue weighted by molar-refractivity contribution is 8.00. The second-order valence-corrected chi connectivity index (χ2v) is 3.60. The van der Waals surface area contributed by atoms with Gasteiger partial charge in [0.1, 0.15) is 0 Å². The van der Waals surface area contributed by atoms with Gasteiger partial charge >= 0.3 is 0 Å². The highest BCUT2D eigenvalue weighted by atomic mass is 32.2. The van der Waals surface area contributed by atoms with Gasteiger partial charge in [0.05, 0.1) is 5.75 Å². The number of ketones is 1. The van der Waals surface area contributed by atoms with Gasteiger partial charge in [-0.25, -0.2) is 0 Å². The van der Waals surface area contributed by atoms with Crippen LogP contribution in [0.2, 0.25) is 0 Å². The molecule has 4 heteroatoms. The van der Waals surface area contributed by atoms with Crippen LogP contribution in [-0.2, 0) is 14.3 Å². The molecule has 1 rings (SSSR count). The van der Waals surface area contributed by atoms with E-state index in [0.29, 0.717) is 5.75 Å². The van der Waals surface area contributed by atoms with E-state index in [2.05, 4.69) is 4.74 Å². The largest absolute Gasteiger partial charge is 0.460 e. The molecule has 74 valence electrons. The first kappa shape index (κ1) is 10.8. The Labute approximate surface area is 86.5 Å². The molecule has 0 aliphatic rings. The van der Waals surface area contributed by atoms with Crippen molar-refractivity contribution in [2.45, 2.75) is 4.90 Å². The highest BCUT2D eigenvalue weighted by Crippen LogP contribution is 2.16. The first-order valence-electron chi connectivity index (χ1n) is 4.07. The third kappa shape index (κ3) is 4.09. The lowest BCUT2D eigenvalue weighted by molar-refractivity contribution is -0.135. The normalized spacial score (nSPS) is 9.43. The van der Waals surface area contributed by atoms with Crippen LogP contribution in [0.5, 0.6) is 0 Å². The van der Waals surface area contributed by atoms with E-state index >= 15 is 0 Å². The van der Waals surface area contributed by atoms with Crippen molar-refractivity contribution >= 4 is 24.0 Å². The fourth-order valence-electron chi connectivity index (χ4n) is 0.849. The molecule has 0 aliphatic carbocycles. The van der Waals surface area contributed by atoms with Crippen molar-refractivity contribution in [2.75, 3.05) is 12.4 Å². The summed E-state index contributed by atoms with van der Waals surface area (Å²) < 4.78 is 4.34. The molecule has 0 bridgehead atoms. The molecule has 0 N–H and O–H groups in total. The first-order chi connectivity index (χ1) is 6.83. The highest BCUT2D eigenvalue weighted by Gasteiger charge is 2.02. The van der Waals surface area contributed by atoms with E-state index in [-0.39, 0.29) is 18.9 Å². The third-order valence-electron chi connectivity index (χ3n) is 1.46. The zero-order valence-corrected chi connectivity index (χ0v) is 8.33. The fraction of sp³-hybridized carbons (Fsp3) is 0.200. The molecule has 14 heavy (non-hydrogen) atoms. The zero-order valence-electron chi connectivity index (χ0n) is 7.51. The Morgan fingerprint density at radius 3 is 2.71 bits per heavy atom. The Morgan fingerprint density at radius 1 is 1.36 bits per heavy atom. The van der Waals surface area contributed by atoms with Crippen LogP contribution in [0.4, 0.5) is 0 Å². The summed E-state index contributed by atoms with van der Waals surface area (Å²) >= 11 is 1.43. The molecule has 0 saturated heterocycles. The van der Waals surface area contributed by atoms with Gasteiger partial charge in [-0.15, -0.1) is 11.8 Å². The van der Waals surface area contributed by atoms with Crippen molar-refractivity contribution in [1.82, 2.24) is 0 Å². The predicted octanol–water partition coefficient (Wildman–Crippen LogP) is 1.52. The van der Waals surface area contributed by atoms with Gasteiger partial charge in [0.15, 0.2) is 12.4 Å². The standard InChI is InChI=1S/C10H10O3S/c11-8-13-6-9(12)7-14-10-4-2-1-3-5-10/h1-5,8H,6-7H2. The van der Waals surface area contributed by atoms with Gasteiger partial charge in [0.25, 0.3) is 6.47 Å². The van der Waals surface area contributed by atoms with Crippen LogP contribution < -0.4 is 0 Å². The molecule has 1 aromatic carbocycles. The van der Waals surface area contributed by atoms with Crippen LogP contribution in [-0.4, -0.2) is 24.6 Å². The molecule has 0 unspecified atom stereocenters. The maximum Gasteiger partial charge on any atom is 0.293 e. The summed E-state index contributed by atoms with van der Waals surface area (Å²) in [6.07, 6.45) is 0. The summed E-state index contributed by atoms with van der Waals surface area (Å²) in [5, 5.41) is 0. The van der Waals surface area contributed by atoms with Crippen molar-refractivity contribution in [3.8, 4) is 0 Å². The number of carbonyl (C=O) groups is 2. The van der Waals surface area contributed by atoms with Crippen LogP contribution in [0, 0.1) is 0 Å². The van der Waals surface area contributed by atoms with E-state index in [4.69, 9.17) is 0 Å². The Morgan fingerprint density at radius 2 is 2.07 bits per heavy atom. The lowest BCUT2D eigenvalue weighted by atomic mass is 10.4. The molecular weight excluding hydrogens is 200 g/mol. The molecule has 0 atom stereocenters. The maximum absolute atomic E-state index is 11.1. The molecule has 0 aromatic heterocycles. The molecule has 0 radical (unpaired) electrons. The van der Waals surface area contributed by atoms with Gasteiger partial charge in [-0.2, -0.15) is 0 Å². The number of carbonyl (C=O) groups excluding carboxylic acids is 2. The van der Waals surface area contributed by atoms with Crippen molar-refractivity contribution in [2.24, 2.45) is 0 Å². The molecular formula is C10H10O3S. The van der Waals surface area contributed by atoms with Gasteiger partial charge in [0, 0.05) is 4.90 Å². The summed E-state index contributed by atoms with van der Waals surface area (Å²) in [7, 11) is 0. The van der Waals surface area contributed by atoms with Crippen molar-refractivity contribution in [3.63, 3.8) is 0 Å². The lowest BCUT2D eigenvalue weighted by Crippen LogP contribution is -2.09. The number of hydrogen-bond donors (Lipinski definition) is 0. The van der Waals surface area contributed by atoms with Gasteiger partial charge in [0.2, 0.25) is 0 Å². The van der Waals surface area contributed by atoms with Gasteiger partial charge in [-0.05, 0) is 12.1 Å². The van der Waals surface area contributed by atoms with E-state index < -0.39 is 0 Å². The van der Waals surface area contributed by atoms with Crippen LogP contribution in [0.1, 0.15) is 0 Å². The Kier molecular flexibility index (Phi) is 4.78. The van der Waals surface area contributed by atoms with Crippen molar-refractivity contribution < 1.29 is 14.3 Å². The topological polar surface area (TPSA) is 43.4 Å². The molecule has 0 fully saturated rings. The minimum absolute atomic E-state index is 0.0917. The smallest absolute Gasteiger partial charge is 0.293 e. The van der Waals surface area contributed by atoms with Crippen molar-refractivity contribution in [3.05, 3.63) is 30.3 Å². The van der Waals surface area contributed by atoms with Gasteiger partial charge < -0.3 is 4.74 Å². The number of Topliss-reactive ketones (excluding diaryl/α,β-unsaturated/α-hetero) is 1. The van der Waals surface area contributed by atoms with E-state index in [1.165, 1.54) is 11.8 Å². The van der Waals surface area contributed by atoms with E-state index in [1.807, 2.05) is 30.3 Å². The van der Waals surface area contributed by atoms with Gasteiger partial charge in [-0.3, -0.25) is 9.59 Å². The van der Waals surface area contributed by atoms with Crippen LogP contribution in [0.25, 0.3) is 0 Å². The maximum atomic E-state index is 11.1. The minimum atomic E-state index is -0.136. The number of hydrogen-bond acceptors (Lipinski definition) is 4. The molecule has 0 saturated carbocycles. The van der Waals surface area contributed by atoms with E-state index in [0.717, 1.165) is 4.90 Å². The SMILES string of the molecule is O=COCC(=O)CSc1ccccc1. The van der Waals surface area contributed by atoms with Crippen LogP contribution >= 0.6 is 11.8 Å². The Hall–Kier alpha value is -1.29. The lowest BCUT2D eigenvalue weighted by Gasteiger charge is -1.99. The Balaban J connectivity index is 2.27. The second kappa shape index (κ2) is 6.21. The van der Waals surface area contributed by atoms with Crippen LogP contribution in [0.3, 0.4) is 0 Å². The average molecular weight is 210 g/mol. The second-order valence-electron chi connectivity index (χ2n) is 2.55. The molecule has 3 nitrogen and oxygen atoms in total. The molecule has 0 heterocycles. The summed E-state index contributed by atoms with van der Waals surface area (Å²) in [6.45, 7) is 0.147. The van der Waals surface area contributed by atoms with E-state index in [1.54, 1.807) is 0 Å². The van der Waals surface area contributed by atoms with Crippen molar-refractivity contribution in [1.29, 1.82) is 0 Å². The number of rotatable bonds is 6. The summed E-state index contributed by atoms with van der Waals surface area (Å²) in [6, 6.07) is 9.60. The number of thioether (sulfide) groups is 1. The molecule has 1 aromatic rings. The minimum Gasteiger partial charge on any atom is -0.460 e. The Bertz CT molecular complexity index is 297. The van der Waals surface area contributed by atoms with Crippen LogP contribution in [0.15, 0.2) is 35.2 Å². The zero-order chi connectivity index (χ0) is 10.2. The summed E-state index contributed by atoms with van der Waals surface area (Å²) in [5.41, 5.74) is 0. The molecule has 0 amide bonds. The average Bonchev–Trinajstić information content (AvgIpc) is 2.25. The number of benzene rings is 1. The first-order valence-corrected chi connectivity index (χ1v) is 5.06. The third-order valence-corrected chi connectivity index (χ3v) is 2.53. The summed E-state index contributed by atoms with van der Waals surface area (Å²) in [4.78, 5) is 21.9.